The van der Waals surface area contributed by atoms with Crippen molar-refractivity contribution in [3.63, 3.8) is 0 Å². The van der Waals surface area contributed by atoms with Crippen LogP contribution < -0.4 is 5.32 Å². The second-order valence-corrected chi connectivity index (χ2v) is 6.40. The number of amides is 1. The van der Waals surface area contributed by atoms with Crippen molar-refractivity contribution < 1.29 is 23.1 Å². The summed E-state index contributed by atoms with van der Waals surface area (Å²) in [5, 5.41) is 3.29. The molecule has 25 heavy (non-hydrogen) atoms. The average molecular weight is 361 g/mol. The van der Waals surface area contributed by atoms with Gasteiger partial charge in [-0.3, -0.25) is 4.79 Å². The van der Waals surface area contributed by atoms with Crippen molar-refractivity contribution in [3.05, 3.63) is 65.0 Å². The second kappa shape index (κ2) is 6.98. The number of nitrogens with one attached hydrogen (secondary N) is 1. The summed E-state index contributed by atoms with van der Waals surface area (Å²) in [4.78, 5) is 24.6. The third kappa shape index (κ3) is 3.83. The fourth-order valence-corrected chi connectivity index (χ4v) is 3.12. The number of esters is 1. The van der Waals surface area contributed by atoms with Crippen LogP contribution in [0.15, 0.2) is 48.5 Å². The first-order valence-electron chi connectivity index (χ1n) is 7.39. The van der Waals surface area contributed by atoms with E-state index in [2.05, 4.69) is 5.32 Å². The fraction of sp³-hybridized carbons (Fsp3) is 0.111. The summed E-state index contributed by atoms with van der Waals surface area (Å²) in [6, 6.07) is 12.2. The van der Waals surface area contributed by atoms with Gasteiger partial charge < -0.3 is 10.1 Å². The number of hydrogen-bond acceptors (Lipinski definition) is 4. The molecule has 128 valence electrons. The second-order valence-electron chi connectivity index (χ2n) is 5.31. The summed E-state index contributed by atoms with van der Waals surface area (Å²) < 4.78 is 32.1. The van der Waals surface area contributed by atoms with Crippen molar-refractivity contribution in [2.24, 2.45) is 0 Å². The van der Waals surface area contributed by atoms with Crippen molar-refractivity contribution in [2.45, 2.75) is 13.0 Å². The number of carbonyl (C=O) groups is 2. The molecule has 0 saturated carbocycles. The van der Waals surface area contributed by atoms with Crippen molar-refractivity contribution in [1.29, 1.82) is 0 Å². The van der Waals surface area contributed by atoms with Crippen molar-refractivity contribution >= 4 is 39.0 Å². The zero-order chi connectivity index (χ0) is 18.0. The minimum absolute atomic E-state index is 0.0775. The quantitative estimate of drug-likeness (QED) is 0.703. The zero-order valence-electron chi connectivity index (χ0n) is 13.1. The Morgan fingerprint density at radius 2 is 1.84 bits per heavy atom. The van der Waals surface area contributed by atoms with E-state index in [-0.39, 0.29) is 5.69 Å². The summed E-state index contributed by atoms with van der Waals surface area (Å²) in [6.45, 7) is 1.40. The van der Waals surface area contributed by atoms with Gasteiger partial charge in [-0.2, -0.15) is 0 Å². The van der Waals surface area contributed by atoms with E-state index in [1.807, 2.05) is 24.3 Å². The molecule has 0 bridgehead atoms. The van der Waals surface area contributed by atoms with Crippen LogP contribution in [0.3, 0.4) is 0 Å². The van der Waals surface area contributed by atoms with E-state index < -0.39 is 29.6 Å². The number of carbonyl (C=O) groups excluding carboxylic acids is 2. The molecule has 1 aromatic heterocycles. The summed E-state index contributed by atoms with van der Waals surface area (Å²) in [5.41, 5.74) is 0.0775. The first-order chi connectivity index (χ1) is 11.9. The maximum absolute atomic E-state index is 13.2. The standard InChI is InChI=1S/C18H13F2NO3S/c1-10(17(22)21-12-6-7-13(19)14(20)9-12)24-18(23)16-8-11-4-2-3-5-15(11)25-16/h2-10H,1H3,(H,21,22)/t10-/m1/s1. The molecular formula is C18H13F2NO3S. The molecule has 1 atom stereocenters. The Morgan fingerprint density at radius 1 is 1.08 bits per heavy atom. The van der Waals surface area contributed by atoms with E-state index in [1.54, 1.807) is 6.07 Å². The van der Waals surface area contributed by atoms with Gasteiger partial charge in [0, 0.05) is 16.5 Å². The van der Waals surface area contributed by atoms with Crippen molar-refractivity contribution in [3.8, 4) is 0 Å². The number of halogens is 2. The van der Waals surface area contributed by atoms with E-state index in [4.69, 9.17) is 4.74 Å². The Hall–Kier alpha value is -2.80. The van der Waals surface area contributed by atoms with E-state index in [0.717, 1.165) is 22.2 Å². The third-order valence-electron chi connectivity index (χ3n) is 3.47. The Morgan fingerprint density at radius 3 is 2.56 bits per heavy atom. The van der Waals surface area contributed by atoms with E-state index >= 15 is 0 Å². The van der Waals surface area contributed by atoms with Crippen LogP contribution >= 0.6 is 11.3 Å². The van der Waals surface area contributed by atoms with Crippen LogP contribution in [-0.4, -0.2) is 18.0 Å². The first kappa shape index (κ1) is 17.0. The van der Waals surface area contributed by atoms with Gasteiger partial charge in [-0.25, -0.2) is 13.6 Å². The summed E-state index contributed by atoms with van der Waals surface area (Å²) in [5.74, 6) is -3.34. The fourth-order valence-electron chi connectivity index (χ4n) is 2.17. The van der Waals surface area contributed by atoms with Gasteiger partial charge in [0.05, 0.1) is 0 Å². The molecule has 1 heterocycles. The SMILES string of the molecule is C[C@@H](OC(=O)c1cc2ccccc2s1)C(=O)Nc1ccc(F)c(F)c1. The highest BCUT2D eigenvalue weighted by atomic mass is 32.1. The Kier molecular flexibility index (Phi) is 4.76. The van der Waals surface area contributed by atoms with Crippen LogP contribution in [0.1, 0.15) is 16.6 Å². The number of hydrogen-bond donors (Lipinski definition) is 1. The average Bonchev–Trinajstić information content (AvgIpc) is 3.02. The lowest BCUT2D eigenvalue weighted by atomic mass is 10.2. The highest BCUT2D eigenvalue weighted by Gasteiger charge is 2.21. The molecule has 0 aliphatic carbocycles. The summed E-state index contributed by atoms with van der Waals surface area (Å²) in [7, 11) is 0. The minimum Gasteiger partial charge on any atom is -0.448 e. The predicted octanol–water partition coefficient (Wildman–Crippen LogP) is 4.36. The number of benzene rings is 2. The monoisotopic (exact) mass is 361 g/mol. The summed E-state index contributed by atoms with van der Waals surface area (Å²) >= 11 is 1.27. The maximum atomic E-state index is 13.2. The number of anilines is 1. The molecular weight excluding hydrogens is 348 g/mol. The van der Waals surface area contributed by atoms with Crippen LogP contribution in [0.2, 0.25) is 0 Å². The molecule has 4 nitrogen and oxygen atoms in total. The molecule has 3 rings (SSSR count). The Balaban J connectivity index is 1.65. The van der Waals surface area contributed by atoms with E-state index in [1.165, 1.54) is 24.3 Å². The van der Waals surface area contributed by atoms with Crippen molar-refractivity contribution in [1.82, 2.24) is 0 Å². The zero-order valence-corrected chi connectivity index (χ0v) is 13.9. The Labute approximate surface area is 146 Å². The highest BCUT2D eigenvalue weighted by Crippen LogP contribution is 2.26. The molecule has 0 fully saturated rings. The van der Waals surface area contributed by atoms with E-state index in [9.17, 15) is 18.4 Å². The number of ether oxygens (including phenoxy) is 1. The van der Waals surface area contributed by atoms with Gasteiger partial charge in [0.25, 0.3) is 5.91 Å². The van der Waals surface area contributed by atoms with Crippen LogP contribution in [0, 0.1) is 11.6 Å². The van der Waals surface area contributed by atoms with Gasteiger partial charge in [0.1, 0.15) is 4.88 Å². The molecule has 0 spiro atoms. The van der Waals surface area contributed by atoms with Gasteiger partial charge in [0.2, 0.25) is 0 Å². The molecule has 0 radical (unpaired) electrons. The van der Waals surface area contributed by atoms with Crippen LogP contribution in [0.4, 0.5) is 14.5 Å². The van der Waals surface area contributed by atoms with Gasteiger partial charge >= 0.3 is 5.97 Å². The van der Waals surface area contributed by atoms with Crippen LogP contribution in [0.5, 0.6) is 0 Å². The van der Waals surface area contributed by atoms with Gasteiger partial charge in [0.15, 0.2) is 17.7 Å². The van der Waals surface area contributed by atoms with Gasteiger partial charge in [-0.15, -0.1) is 11.3 Å². The minimum atomic E-state index is -1.09. The van der Waals surface area contributed by atoms with Gasteiger partial charge in [-0.05, 0) is 36.6 Å². The van der Waals surface area contributed by atoms with E-state index in [0.29, 0.717) is 4.88 Å². The van der Waals surface area contributed by atoms with Crippen molar-refractivity contribution in [2.75, 3.05) is 5.32 Å². The molecule has 0 aliphatic rings. The molecule has 7 heteroatoms. The molecule has 3 aromatic rings. The Bertz CT molecular complexity index is 921. The topological polar surface area (TPSA) is 55.4 Å². The molecule has 1 N–H and O–H groups in total. The summed E-state index contributed by atoms with van der Waals surface area (Å²) in [6.07, 6.45) is -1.09. The molecule has 1 amide bonds. The lowest BCUT2D eigenvalue weighted by Crippen LogP contribution is -2.29. The predicted molar refractivity (Wildman–Crippen MR) is 91.7 cm³/mol. The molecule has 0 aliphatic heterocycles. The van der Waals surface area contributed by atoms with Crippen LogP contribution in [0.25, 0.3) is 10.1 Å². The first-order valence-corrected chi connectivity index (χ1v) is 8.21. The highest BCUT2D eigenvalue weighted by molar-refractivity contribution is 7.20. The largest absolute Gasteiger partial charge is 0.448 e. The third-order valence-corrected chi connectivity index (χ3v) is 4.56. The van der Waals surface area contributed by atoms with Gasteiger partial charge in [-0.1, -0.05) is 18.2 Å². The lowest BCUT2D eigenvalue weighted by molar-refractivity contribution is -0.123. The number of rotatable bonds is 4. The molecule has 0 saturated heterocycles. The van der Waals surface area contributed by atoms with Crippen LogP contribution in [-0.2, 0) is 9.53 Å². The smallest absolute Gasteiger partial charge is 0.349 e. The molecule has 0 unspecified atom stereocenters. The normalized spacial score (nSPS) is 12.0. The molecule has 2 aromatic carbocycles. The maximum Gasteiger partial charge on any atom is 0.349 e. The number of thiophene rings is 1. The number of fused-ring (bicyclic) bond motifs is 1. The lowest BCUT2D eigenvalue weighted by Gasteiger charge is -2.13.